The van der Waals surface area contributed by atoms with Gasteiger partial charge in [-0.2, -0.15) is 5.10 Å². The molecule has 1 aromatic carbocycles. The zero-order valence-corrected chi connectivity index (χ0v) is 20.8. The van der Waals surface area contributed by atoms with Gasteiger partial charge in [-0.25, -0.2) is 4.52 Å². The minimum Gasteiger partial charge on any atom is -0.497 e. The summed E-state index contributed by atoms with van der Waals surface area (Å²) in [5.41, 5.74) is 5.58. The minimum atomic E-state index is 0.584. The molecular formula is C26H33N3O3S. The molecule has 3 aromatic rings. The fourth-order valence-electron chi connectivity index (χ4n) is 4.90. The topological polar surface area (TPSA) is 48.2 Å². The number of hydrogen-bond acceptors (Lipinski definition) is 6. The second-order valence-electron chi connectivity index (χ2n) is 9.17. The van der Waals surface area contributed by atoms with Gasteiger partial charge >= 0.3 is 0 Å². The molecule has 0 spiro atoms. The Balaban J connectivity index is 1.64. The fraction of sp³-hybridized carbons (Fsp3) is 0.500. The van der Waals surface area contributed by atoms with Gasteiger partial charge in [-0.05, 0) is 62.1 Å². The minimum absolute atomic E-state index is 0.584. The van der Waals surface area contributed by atoms with Crippen molar-refractivity contribution >= 4 is 23.0 Å². The Bertz CT molecular complexity index is 1140. The molecular weight excluding hydrogens is 434 g/mol. The molecule has 2 aromatic heterocycles. The van der Waals surface area contributed by atoms with Crippen LogP contribution in [0.3, 0.4) is 0 Å². The highest BCUT2D eigenvalue weighted by Gasteiger charge is 2.30. The van der Waals surface area contributed by atoms with Crippen molar-refractivity contribution in [1.29, 1.82) is 0 Å². The van der Waals surface area contributed by atoms with Crippen LogP contribution in [-0.4, -0.2) is 56.4 Å². The average Bonchev–Trinajstić information content (AvgIpc) is 3.34. The molecule has 1 aliphatic heterocycles. The Morgan fingerprint density at radius 1 is 1.12 bits per heavy atom. The number of hydrogen-bond donors (Lipinski definition) is 0. The summed E-state index contributed by atoms with van der Waals surface area (Å²) in [7, 11) is 3.39. The summed E-state index contributed by atoms with van der Waals surface area (Å²) in [5.74, 6) is 2.96. The molecule has 5 rings (SSSR count). The number of nitrogens with zero attached hydrogens (tertiary/aromatic N) is 3. The average molecular weight is 468 g/mol. The standard InChI is InChI=1S/C26H33N3O3S/c1-17-12-20(30-2)13-23(31-3)24(17)21-6-5-7-22-25(26(33-4)27-29(21)22)28(14-18-8-9-18)15-19-10-11-32-16-19/h5-7,12-13,18-19H,8-11,14-16H2,1-4H3. The number of aromatic nitrogens is 2. The first-order valence-corrected chi connectivity index (χ1v) is 13.0. The van der Waals surface area contributed by atoms with E-state index < -0.39 is 0 Å². The number of thioether (sulfide) groups is 1. The number of methoxy groups -OCH3 is 2. The van der Waals surface area contributed by atoms with E-state index in [1.807, 2.05) is 6.07 Å². The van der Waals surface area contributed by atoms with Crippen molar-refractivity contribution in [3.05, 3.63) is 35.9 Å². The molecule has 1 unspecified atom stereocenters. The van der Waals surface area contributed by atoms with E-state index in [9.17, 15) is 0 Å². The van der Waals surface area contributed by atoms with Crippen LogP contribution in [0.5, 0.6) is 11.5 Å². The van der Waals surface area contributed by atoms with E-state index in [1.165, 1.54) is 18.5 Å². The number of anilines is 1. The molecule has 1 aliphatic carbocycles. The summed E-state index contributed by atoms with van der Waals surface area (Å²) in [6.45, 7) is 5.97. The van der Waals surface area contributed by atoms with Gasteiger partial charge < -0.3 is 19.1 Å². The molecule has 1 atom stereocenters. The molecule has 2 fully saturated rings. The second-order valence-corrected chi connectivity index (χ2v) is 9.96. The molecule has 0 amide bonds. The van der Waals surface area contributed by atoms with Crippen LogP contribution in [-0.2, 0) is 4.74 Å². The largest absolute Gasteiger partial charge is 0.497 e. The Morgan fingerprint density at radius 2 is 1.94 bits per heavy atom. The van der Waals surface area contributed by atoms with Gasteiger partial charge in [0, 0.05) is 37.2 Å². The molecule has 6 nitrogen and oxygen atoms in total. The van der Waals surface area contributed by atoms with Crippen LogP contribution in [0.4, 0.5) is 5.69 Å². The number of benzene rings is 1. The summed E-state index contributed by atoms with van der Waals surface area (Å²) in [6, 6.07) is 10.5. The first-order chi connectivity index (χ1) is 16.1. The molecule has 7 heteroatoms. The molecule has 0 radical (unpaired) electrons. The molecule has 1 saturated heterocycles. The summed E-state index contributed by atoms with van der Waals surface area (Å²) >= 11 is 1.72. The lowest BCUT2D eigenvalue weighted by molar-refractivity contribution is 0.186. The van der Waals surface area contributed by atoms with E-state index in [2.05, 4.69) is 46.9 Å². The normalized spacial score (nSPS) is 18.1. The SMILES string of the molecule is COc1cc(C)c(-c2cccc3c(N(CC4CC4)CC4CCOC4)c(SC)nn23)c(OC)c1. The van der Waals surface area contributed by atoms with Gasteiger partial charge in [-0.3, -0.25) is 0 Å². The van der Waals surface area contributed by atoms with Gasteiger partial charge in [0.2, 0.25) is 0 Å². The zero-order valence-electron chi connectivity index (χ0n) is 20.0. The number of fused-ring (bicyclic) bond motifs is 1. The first kappa shape index (κ1) is 22.4. The van der Waals surface area contributed by atoms with Crippen LogP contribution in [0.15, 0.2) is 35.4 Å². The van der Waals surface area contributed by atoms with Crippen LogP contribution >= 0.6 is 11.8 Å². The van der Waals surface area contributed by atoms with Gasteiger partial charge in [-0.15, -0.1) is 11.8 Å². The van der Waals surface area contributed by atoms with E-state index in [0.29, 0.717) is 5.92 Å². The van der Waals surface area contributed by atoms with E-state index in [0.717, 1.165) is 77.5 Å². The Kier molecular flexibility index (Phi) is 6.43. The van der Waals surface area contributed by atoms with Gasteiger partial charge in [0.05, 0.1) is 37.7 Å². The number of aryl methyl sites for hydroxylation is 1. The van der Waals surface area contributed by atoms with Gasteiger partial charge in [0.25, 0.3) is 0 Å². The number of rotatable bonds is 9. The zero-order chi connectivity index (χ0) is 22.9. The maximum absolute atomic E-state index is 5.78. The van der Waals surface area contributed by atoms with Crippen LogP contribution < -0.4 is 14.4 Å². The second kappa shape index (κ2) is 9.47. The Morgan fingerprint density at radius 3 is 2.61 bits per heavy atom. The van der Waals surface area contributed by atoms with Gasteiger partial charge in [0.15, 0.2) is 0 Å². The lowest BCUT2D eigenvalue weighted by atomic mass is 10.0. The first-order valence-electron chi connectivity index (χ1n) is 11.7. The highest BCUT2D eigenvalue weighted by Crippen LogP contribution is 2.41. The molecule has 1 saturated carbocycles. The lowest BCUT2D eigenvalue weighted by Crippen LogP contribution is -2.32. The molecule has 2 aliphatic rings. The van der Waals surface area contributed by atoms with Crippen molar-refractivity contribution in [2.45, 2.75) is 31.2 Å². The van der Waals surface area contributed by atoms with Crippen LogP contribution in [0.2, 0.25) is 0 Å². The van der Waals surface area contributed by atoms with E-state index in [1.54, 1.807) is 26.0 Å². The van der Waals surface area contributed by atoms with Crippen LogP contribution in [0, 0.1) is 18.8 Å². The predicted octanol–water partition coefficient (Wildman–Crippen LogP) is 5.30. The summed E-state index contributed by atoms with van der Waals surface area (Å²) in [5, 5.41) is 6.19. The van der Waals surface area contributed by atoms with Crippen LogP contribution in [0.1, 0.15) is 24.8 Å². The fourth-order valence-corrected chi connectivity index (χ4v) is 5.49. The van der Waals surface area contributed by atoms with Crippen molar-refractivity contribution in [1.82, 2.24) is 9.61 Å². The Hall–Kier alpha value is -2.38. The molecule has 176 valence electrons. The number of ether oxygens (including phenoxy) is 3. The third-order valence-corrected chi connectivity index (χ3v) is 7.43. The van der Waals surface area contributed by atoms with Gasteiger partial charge in [-0.1, -0.05) is 6.07 Å². The molecule has 0 N–H and O–H groups in total. The highest BCUT2D eigenvalue weighted by atomic mass is 32.2. The third-order valence-electron chi connectivity index (χ3n) is 6.77. The predicted molar refractivity (Wildman–Crippen MR) is 134 cm³/mol. The summed E-state index contributed by atoms with van der Waals surface area (Å²) < 4.78 is 19.1. The van der Waals surface area contributed by atoms with E-state index in [4.69, 9.17) is 19.3 Å². The summed E-state index contributed by atoms with van der Waals surface area (Å²) in [4.78, 5) is 2.59. The Labute approximate surface area is 200 Å². The summed E-state index contributed by atoms with van der Waals surface area (Å²) in [6.07, 6.45) is 5.93. The molecule has 0 bridgehead atoms. The van der Waals surface area contributed by atoms with Crippen molar-refractivity contribution in [3.8, 4) is 22.8 Å². The number of pyridine rings is 1. The molecule has 33 heavy (non-hydrogen) atoms. The van der Waals surface area contributed by atoms with Gasteiger partial charge in [0.1, 0.15) is 16.5 Å². The maximum atomic E-state index is 5.78. The monoisotopic (exact) mass is 467 g/mol. The van der Waals surface area contributed by atoms with Crippen molar-refractivity contribution in [2.75, 3.05) is 51.7 Å². The van der Waals surface area contributed by atoms with Crippen molar-refractivity contribution in [3.63, 3.8) is 0 Å². The third kappa shape index (κ3) is 4.41. The molecule has 3 heterocycles. The smallest absolute Gasteiger partial charge is 0.142 e. The van der Waals surface area contributed by atoms with E-state index in [-0.39, 0.29) is 0 Å². The highest BCUT2D eigenvalue weighted by molar-refractivity contribution is 7.98. The van der Waals surface area contributed by atoms with Crippen molar-refractivity contribution in [2.24, 2.45) is 11.8 Å². The van der Waals surface area contributed by atoms with Crippen LogP contribution in [0.25, 0.3) is 16.8 Å². The quantitative estimate of drug-likeness (QED) is 0.398. The maximum Gasteiger partial charge on any atom is 0.142 e. The lowest BCUT2D eigenvalue weighted by Gasteiger charge is -2.27. The van der Waals surface area contributed by atoms with Crippen molar-refractivity contribution < 1.29 is 14.2 Å². The van der Waals surface area contributed by atoms with E-state index >= 15 is 0 Å².